The molecule has 2 amide bonds. The van der Waals surface area contributed by atoms with Crippen molar-refractivity contribution in [2.75, 3.05) is 26.2 Å². The number of rotatable bonds is 6. The lowest BCUT2D eigenvalue weighted by Gasteiger charge is -2.47. The summed E-state index contributed by atoms with van der Waals surface area (Å²) in [6.07, 6.45) is 10.0. The Morgan fingerprint density at radius 1 is 1.03 bits per heavy atom. The van der Waals surface area contributed by atoms with Crippen molar-refractivity contribution in [3.63, 3.8) is 0 Å². The van der Waals surface area contributed by atoms with E-state index in [1.54, 1.807) is 24.5 Å². The first-order chi connectivity index (χ1) is 16.1. The lowest BCUT2D eigenvalue weighted by Crippen LogP contribution is -2.52. The predicted molar refractivity (Wildman–Crippen MR) is 126 cm³/mol. The SMILES string of the molecule is O=C(NCCC1CCOC2(CCN(C(=O)C3(c4ccccc4)CC3)CC2)C1)c1ccncc1. The molecule has 1 atom stereocenters. The van der Waals surface area contributed by atoms with Crippen LogP contribution in [0, 0.1) is 5.92 Å². The van der Waals surface area contributed by atoms with Crippen LogP contribution in [0.4, 0.5) is 0 Å². The first-order valence-corrected chi connectivity index (χ1v) is 12.3. The summed E-state index contributed by atoms with van der Waals surface area (Å²) in [4.78, 5) is 31.7. The second kappa shape index (κ2) is 9.26. The molecule has 6 heteroatoms. The molecule has 2 aliphatic heterocycles. The highest BCUT2D eigenvalue weighted by atomic mass is 16.5. The molecule has 2 aromatic rings. The number of carbonyl (C=O) groups is 2. The summed E-state index contributed by atoms with van der Waals surface area (Å²) < 4.78 is 6.32. The summed E-state index contributed by atoms with van der Waals surface area (Å²) in [6.45, 7) is 2.99. The zero-order chi connectivity index (χ0) is 22.7. The Balaban J connectivity index is 1.12. The number of ether oxygens (including phenoxy) is 1. The van der Waals surface area contributed by atoms with Crippen molar-refractivity contribution in [1.29, 1.82) is 0 Å². The number of hydrogen-bond donors (Lipinski definition) is 1. The van der Waals surface area contributed by atoms with Crippen LogP contribution in [0.15, 0.2) is 54.9 Å². The van der Waals surface area contributed by atoms with E-state index < -0.39 is 0 Å². The molecule has 1 unspecified atom stereocenters. The largest absolute Gasteiger partial charge is 0.375 e. The van der Waals surface area contributed by atoms with Gasteiger partial charge in [0.15, 0.2) is 0 Å². The van der Waals surface area contributed by atoms with E-state index in [4.69, 9.17) is 4.74 Å². The van der Waals surface area contributed by atoms with E-state index in [0.717, 1.165) is 70.2 Å². The lowest BCUT2D eigenvalue weighted by molar-refractivity contribution is -0.149. The fourth-order valence-corrected chi connectivity index (χ4v) is 5.65. The molecule has 0 radical (unpaired) electrons. The van der Waals surface area contributed by atoms with Gasteiger partial charge in [-0.25, -0.2) is 0 Å². The first kappa shape index (κ1) is 22.1. The van der Waals surface area contributed by atoms with Crippen molar-refractivity contribution in [2.45, 2.75) is 56.0 Å². The number of nitrogens with zero attached hydrogens (tertiary/aromatic N) is 2. The van der Waals surface area contributed by atoms with Gasteiger partial charge in [0.25, 0.3) is 5.91 Å². The number of benzene rings is 1. The maximum Gasteiger partial charge on any atom is 0.251 e. The van der Waals surface area contributed by atoms with Gasteiger partial charge in [-0.1, -0.05) is 30.3 Å². The molecule has 3 fully saturated rings. The average molecular weight is 448 g/mol. The summed E-state index contributed by atoms with van der Waals surface area (Å²) in [7, 11) is 0. The molecule has 3 aliphatic rings. The molecule has 2 saturated heterocycles. The maximum atomic E-state index is 13.4. The van der Waals surface area contributed by atoms with Gasteiger partial charge < -0.3 is 15.0 Å². The molecule has 1 saturated carbocycles. The van der Waals surface area contributed by atoms with Crippen LogP contribution in [0.2, 0.25) is 0 Å². The van der Waals surface area contributed by atoms with Gasteiger partial charge in [-0.2, -0.15) is 0 Å². The zero-order valence-corrected chi connectivity index (χ0v) is 19.2. The van der Waals surface area contributed by atoms with Crippen LogP contribution in [-0.4, -0.2) is 53.5 Å². The van der Waals surface area contributed by atoms with Crippen LogP contribution in [0.25, 0.3) is 0 Å². The van der Waals surface area contributed by atoms with Gasteiger partial charge in [0.1, 0.15) is 0 Å². The second-order valence-electron chi connectivity index (χ2n) is 9.91. The molecule has 1 N–H and O–H groups in total. The number of carbonyl (C=O) groups excluding carboxylic acids is 2. The third kappa shape index (κ3) is 4.67. The number of amides is 2. The number of hydrogen-bond acceptors (Lipinski definition) is 4. The lowest BCUT2D eigenvalue weighted by atomic mass is 9.78. The fourth-order valence-electron chi connectivity index (χ4n) is 5.65. The maximum absolute atomic E-state index is 13.4. The van der Waals surface area contributed by atoms with Gasteiger partial charge in [-0.05, 0) is 68.6 Å². The van der Waals surface area contributed by atoms with Gasteiger partial charge in [0, 0.05) is 44.2 Å². The highest BCUT2D eigenvalue weighted by Gasteiger charge is 2.54. The van der Waals surface area contributed by atoms with Crippen LogP contribution in [-0.2, 0) is 14.9 Å². The summed E-state index contributed by atoms with van der Waals surface area (Å²) in [6, 6.07) is 13.7. The van der Waals surface area contributed by atoms with Crippen molar-refractivity contribution in [1.82, 2.24) is 15.2 Å². The highest BCUT2D eigenvalue weighted by molar-refractivity contribution is 5.94. The number of pyridine rings is 1. The molecule has 6 nitrogen and oxygen atoms in total. The minimum atomic E-state index is -0.283. The number of piperidine rings is 1. The third-order valence-electron chi connectivity index (χ3n) is 7.82. The van der Waals surface area contributed by atoms with Crippen LogP contribution in [0.3, 0.4) is 0 Å². The second-order valence-corrected chi connectivity index (χ2v) is 9.91. The van der Waals surface area contributed by atoms with Crippen LogP contribution >= 0.6 is 0 Å². The minimum Gasteiger partial charge on any atom is -0.375 e. The van der Waals surface area contributed by atoms with Crippen molar-refractivity contribution in [3.05, 3.63) is 66.0 Å². The molecular formula is C27H33N3O3. The Hall–Kier alpha value is -2.73. The molecular weight excluding hydrogens is 414 g/mol. The number of nitrogens with one attached hydrogen (secondary N) is 1. The van der Waals surface area contributed by atoms with Crippen molar-refractivity contribution >= 4 is 11.8 Å². The van der Waals surface area contributed by atoms with Crippen LogP contribution in [0.1, 0.15) is 60.9 Å². The van der Waals surface area contributed by atoms with E-state index in [1.807, 2.05) is 18.2 Å². The van der Waals surface area contributed by atoms with Crippen molar-refractivity contribution in [2.24, 2.45) is 5.92 Å². The van der Waals surface area contributed by atoms with Gasteiger partial charge in [0.2, 0.25) is 5.91 Å². The zero-order valence-electron chi connectivity index (χ0n) is 19.2. The Kier molecular flexibility index (Phi) is 6.19. The van der Waals surface area contributed by atoms with E-state index in [1.165, 1.54) is 0 Å². The van der Waals surface area contributed by atoms with Gasteiger partial charge >= 0.3 is 0 Å². The van der Waals surface area contributed by atoms with E-state index in [-0.39, 0.29) is 16.9 Å². The molecule has 1 aliphatic carbocycles. The van der Waals surface area contributed by atoms with E-state index in [9.17, 15) is 9.59 Å². The standard InChI is InChI=1S/C27H33N3O3/c31-24(22-7-14-28-15-8-22)29-16-6-21-9-19-33-26(20-21)12-17-30(18-13-26)25(32)27(10-11-27)23-4-2-1-3-5-23/h1-5,7-8,14-15,21H,6,9-13,16-20H2,(H,29,31). The Bertz CT molecular complexity index is 967. The van der Waals surface area contributed by atoms with Gasteiger partial charge in [-0.3, -0.25) is 14.6 Å². The highest BCUT2D eigenvalue weighted by Crippen LogP contribution is 2.50. The summed E-state index contributed by atoms with van der Waals surface area (Å²) >= 11 is 0. The summed E-state index contributed by atoms with van der Waals surface area (Å²) in [5, 5.41) is 3.04. The molecule has 3 heterocycles. The van der Waals surface area contributed by atoms with Crippen molar-refractivity contribution < 1.29 is 14.3 Å². The van der Waals surface area contributed by atoms with E-state index >= 15 is 0 Å². The number of aromatic nitrogens is 1. The average Bonchev–Trinajstić information content (AvgIpc) is 3.68. The van der Waals surface area contributed by atoms with E-state index in [0.29, 0.717) is 23.9 Å². The smallest absolute Gasteiger partial charge is 0.251 e. The monoisotopic (exact) mass is 447 g/mol. The predicted octanol–water partition coefficient (Wildman–Crippen LogP) is 3.72. The van der Waals surface area contributed by atoms with Crippen LogP contribution < -0.4 is 5.32 Å². The Labute approximate surface area is 195 Å². The Morgan fingerprint density at radius 3 is 2.45 bits per heavy atom. The summed E-state index contributed by atoms with van der Waals surface area (Å²) in [5.74, 6) is 0.797. The van der Waals surface area contributed by atoms with Gasteiger partial charge in [0.05, 0.1) is 11.0 Å². The molecule has 1 aromatic carbocycles. The van der Waals surface area contributed by atoms with Crippen LogP contribution in [0.5, 0.6) is 0 Å². The number of likely N-dealkylation sites (tertiary alicyclic amines) is 1. The molecule has 1 aromatic heterocycles. The third-order valence-corrected chi connectivity index (χ3v) is 7.82. The Morgan fingerprint density at radius 2 is 1.76 bits per heavy atom. The van der Waals surface area contributed by atoms with Gasteiger partial charge in [-0.15, -0.1) is 0 Å². The topological polar surface area (TPSA) is 71.5 Å². The molecule has 0 bridgehead atoms. The first-order valence-electron chi connectivity index (χ1n) is 12.3. The summed E-state index contributed by atoms with van der Waals surface area (Å²) in [5.41, 5.74) is 1.42. The molecule has 174 valence electrons. The fraction of sp³-hybridized carbons (Fsp3) is 0.519. The molecule has 1 spiro atoms. The normalized spacial score (nSPS) is 23.2. The van der Waals surface area contributed by atoms with Crippen molar-refractivity contribution in [3.8, 4) is 0 Å². The molecule has 5 rings (SSSR count). The van der Waals surface area contributed by atoms with E-state index in [2.05, 4.69) is 27.3 Å². The minimum absolute atomic E-state index is 0.0431. The molecule has 33 heavy (non-hydrogen) atoms. The quantitative estimate of drug-likeness (QED) is 0.733.